The van der Waals surface area contributed by atoms with Crippen molar-refractivity contribution in [2.75, 3.05) is 24.7 Å². The zero-order chi connectivity index (χ0) is 30.8. The monoisotopic (exact) mass is 600 g/mol. The molecule has 1 aromatic heterocycles. The first-order valence-electron chi connectivity index (χ1n) is 13.9. The highest BCUT2D eigenvalue weighted by atomic mass is 19.1. The van der Waals surface area contributed by atoms with Gasteiger partial charge in [-0.15, -0.1) is 0 Å². The second-order valence-electron chi connectivity index (χ2n) is 10.3. The van der Waals surface area contributed by atoms with Crippen molar-refractivity contribution in [3.05, 3.63) is 72.4 Å². The Labute approximate surface area is 250 Å². The van der Waals surface area contributed by atoms with Gasteiger partial charge in [-0.2, -0.15) is 5.26 Å². The first-order valence-corrected chi connectivity index (χ1v) is 13.9. The number of hydrogen-bond donors (Lipinski definition) is 1. The summed E-state index contributed by atoms with van der Waals surface area (Å²) < 4.78 is 53.0. The number of carbonyl (C=O) groups is 2. The molecule has 3 aromatic carbocycles. The fraction of sp³-hybridized carbons (Fsp3) is 0.250. The number of anilines is 2. The fourth-order valence-corrected chi connectivity index (χ4v) is 5.01. The Morgan fingerprint density at radius 2 is 1.70 bits per heavy atom. The maximum Gasteiger partial charge on any atom is 0.247 e. The lowest BCUT2D eigenvalue weighted by molar-refractivity contribution is -0.133. The summed E-state index contributed by atoms with van der Waals surface area (Å²) in [5.41, 5.74) is 4.94. The predicted octanol–water partition coefficient (Wildman–Crippen LogP) is 5.69. The van der Waals surface area contributed by atoms with Crippen molar-refractivity contribution in [1.29, 1.82) is 5.26 Å². The number of hydrogen-bond acceptors (Lipinski definition) is 8. The quantitative estimate of drug-likeness (QED) is 0.181. The Morgan fingerprint density at radius 1 is 0.977 bits per heavy atom. The summed E-state index contributed by atoms with van der Waals surface area (Å²) in [7, 11) is 0. The van der Waals surface area contributed by atoms with Crippen molar-refractivity contribution >= 4 is 34.1 Å². The zero-order valence-corrected chi connectivity index (χ0v) is 23.3. The number of pyridine rings is 1. The number of carbonyl (C=O) groups excluding carboxylic acids is 2. The molecule has 1 aliphatic heterocycles. The molecule has 1 saturated carbocycles. The van der Waals surface area contributed by atoms with Crippen molar-refractivity contribution in [1.82, 2.24) is 4.98 Å². The Kier molecular flexibility index (Phi) is 7.61. The van der Waals surface area contributed by atoms with Gasteiger partial charge in [0.2, 0.25) is 17.6 Å². The van der Waals surface area contributed by atoms with Gasteiger partial charge in [-0.3, -0.25) is 19.5 Å². The molecule has 2 heterocycles. The third-order valence-electron chi connectivity index (χ3n) is 7.45. The van der Waals surface area contributed by atoms with Crippen molar-refractivity contribution in [2.24, 2.45) is 11.1 Å². The number of halogens is 2. The number of nitrogens with two attached hydrogens (primary N) is 1. The molecule has 12 heteroatoms. The number of rotatable bonds is 10. The lowest BCUT2D eigenvalue weighted by Gasteiger charge is -2.27. The molecule has 2 amide bonds. The lowest BCUT2D eigenvalue weighted by Crippen LogP contribution is -2.41. The van der Waals surface area contributed by atoms with E-state index in [0.29, 0.717) is 54.2 Å². The van der Waals surface area contributed by atoms with Gasteiger partial charge in [0.1, 0.15) is 30.2 Å². The number of nitrogens with zero attached hydrogens (tertiary/aromatic N) is 3. The maximum atomic E-state index is 15.7. The third kappa shape index (κ3) is 5.28. The molecule has 0 atom stereocenters. The minimum absolute atomic E-state index is 0.103. The van der Waals surface area contributed by atoms with Gasteiger partial charge in [-0.05, 0) is 61.7 Å². The van der Waals surface area contributed by atoms with Gasteiger partial charge in [-0.1, -0.05) is 0 Å². The summed E-state index contributed by atoms with van der Waals surface area (Å²) in [6.07, 6.45) is 2.90. The summed E-state index contributed by atoms with van der Waals surface area (Å²) in [6.45, 7) is 0.845. The summed E-state index contributed by atoms with van der Waals surface area (Å²) in [4.78, 5) is 31.3. The molecule has 0 saturated heterocycles. The third-order valence-corrected chi connectivity index (χ3v) is 7.45. The number of primary amides is 1. The van der Waals surface area contributed by atoms with Gasteiger partial charge < -0.3 is 24.7 Å². The molecule has 0 spiro atoms. The van der Waals surface area contributed by atoms with Crippen LogP contribution in [0.5, 0.6) is 28.7 Å². The average Bonchev–Trinajstić information content (AvgIpc) is 3.84. The molecule has 0 bridgehead atoms. The number of amides is 2. The van der Waals surface area contributed by atoms with E-state index in [1.807, 2.05) is 0 Å². The molecule has 1 aliphatic carbocycles. The molecule has 2 aliphatic rings. The van der Waals surface area contributed by atoms with Gasteiger partial charge in [0.25, 0.3) is 0 Å². The Bertz CT molecular complexity index is 1800. The summed E-state index contributed by atoms with van der Waals surface area (Å²) in [6, 6.07) is 14.3. The van der Waals surface area contributed by atoms with Crippen LogP contribution in [0.3, 0.4) is 0 Å². The average molecular weight is 601 g/mol. The number of ether oxygens (including phenoxy) is 4. The zero-order valence-electron chi connectivity index (χ0n) is 23.3. The normalized spacial score (nSPS) is 14.4. The first-order chi connectivity index (χ1) is 21.3. The van der Waals surface area contributed by atoms with Gasteiger partial charge in [0.15, 0.2) is 23.1 Å². The molecule has 6 rings (SSSR count). The number of nitriles is 1. The van der Waals surface area contributed by atoms with Crippen molar-refractivity contribution < 1.29 is 37.3 Å². The first kappa shape index (κ1) is 28.7. The molecular weight excluding hydrogens is 574 g/mol. The number of benzene rings is 3. The topological polar surface area (TPSA) is 137 Å². The van der Waals surface area contributed by atoms with E-state index in [-0.39, 0.29) is 42.3 Å². The van der Waals surface area contributed by atoms with E-state index in [0.717, 1.165) is 23.1 Å². The molecule has 0 radical (unpaired) electrons. The van der Waals surface area contributed by atoms with Crippen LogP contribution in [-0.2, 0) is 9.59 Å². The van der Waals surface area contributed by atoms with E-state index in [1.165, 1.54) is 30.5 Å². The molecule has 0 unspecified atom stereocenters. The van der Waals surface area contributed by atoms with E-state index in [9.17, 15) is 14.0 Å². The predicted molar refractivity (Wildman–Crippen MR) is 154 cm³/mol. The van der Waals surface area contributed by atoms with Crippen LogP contribution >= 0.6 is 0 Å². The largest absolute Gasteiger partial charge is 0.489 e. The standard InChI is InChI=1S/C32H26F2N4O6/c33-19-3-5-20(6-4-19)38(31(40)32(10-11-32)30(36)39)21-7-8-24(22(34)17-21)44-25-9-13-37-23-18-26(41-14-2-1-12-35)28-29(27(23)25)43-16-15-42-28/h3-9,13,17-18H,1-2,10-11,14-16H2,(H2,36,39). The molecule has 44 heavy (non-hydrogen) atoms. The SMILES string of the molecule is N#CCCCOc1cc2nccc(Oc3ccc(N(C(=O)C4(C(N)=O)CC4)c4ccc(F)cc4)cc3F)c2c2c1OCCO2. The van der Waals surface area contributed by atoms with Crippen LogP contribution in [0.4, 0.5) is 20.2 Å². The van der Waals surface area contributed by atoms with Crippen LogP contribution in [-0.4, -0.2) is 36.6 Å². The Balaban J connectivity index is 1.35. The summed E-state index contributed by atoms with van der Waals surface area (Å²) in [5, 5.41) is 9.24. The van der Waals surface area contributed by atoms with Crippen LogP contribution in [0.2, 0.25) is 0 Å². The lowest BCUT2D eigenvalue weighted by atomic mass is 10.0. The van der Waals surface area contributed by atoms with Gasteiger partial charge in [-0.25, -0.2) is 8.78 Å². The van der Waals surface area contributed by atoms with E-state index >= 15 is 4.39 Å². The Morgan fingerprint density at radius 3 is 2.39 bits per heavy atom. The molecule has 224 valence electrons. The molecule has 4 aromatic rings. The van der Waals surface area contributed by atoms with Crippen LogP contribution in [0, 0.1) is 28.4 Å². The highest BCUT2D eigenvalue weighted by molar-refractivity contribution is 6.16. The van der Waals surface area contributed by atoms with Crippen molar-refractivity contribution in [2.45, 2.75) is 25.7 Å². The van der Waals surface area contributed by atoms with E-state index in [1.54, 1.807) is 12.1 Å². The molecule has 10 nitrogen and oxygen atoms in total. The van der Waals surface area contributed by atoms with Gasteiger partial charge in [0, 0.05) is 30.4 Å². The minimum Gasteiger partial charge on any atom is -0.489 e. The van der Waals surface area contributed by atoms with E-state index in [4.69, 9.17) is 29.9 Å². The van der Waals surface area contributed by atoms with Crippen LogP contribution in [0.1, 0.15) is 25.7 Å². The molecule has 1 fully saturated rings. The molecular formula is C32H26F2N4O6. The number of aromatic nitrogens is 1. The van der Waals surface area contributed by atoms with Crippen LogP contribution in [0.15, 0.2) is 60.8 Å². The van der Waals surface area contributed by atoms with Crippen LogP contribution in [0.25, 0.3) is 10.9 Å². The highest BCUT2D eigenvalue weighted by Crippen LogP contribution is 2.50. The summed E-state index contributed by atoms with van der Waals surface area (Å²) >= 11 is 0. The smallest absolute Gasteiger partial charge is 0.247 e. The van der Waals surface area contributed by atoms with E-state index < -0.39 is 28.9 Å². The fourth-order valence-electron chi connectivity index (χ4n) is 5.01. The van der Waals surface area contributed by atoms with Crippen molar-refractivity contribution in [3.8, 4) is 34.8 Å². The number of unbranched alkanes of at least 4 members (excludes halogenated alkanes) is 1. The van der Waals surface area contributed by atoms with Gasteiger partial charge >= 0.3 is 0 Å². The molecule has 2 N–H and O–H groups in total. The van der Waals surface area contributed by atoms with E-state index in [2.05, 4.69) is 11.1 Å². The van der Waals surface area contributed by atoms with Crippen molar-refractivity contribution in [3.63, 3.8) is 0 Å². The van der Waals surface area contributed by atoms with Crippen LogP contribution < -0.4 is 29.6 Å². The Hall–Kier alpha value is -5.44. The summed E-state index contributed by atoms with van der Waals surface area (Å²) in [5.74, 6) is -1.57. The maximum absolute atomic E-state index is 15.7. The second-order valence-corrected chi connectivity index (χ2v) is 10.3. The minimum atomic E-state index is -1.41. The number of fused-ring (bicyclic) bond motifs is 3. The highest BCUT2D eigenvalue weighted by Gasteiger charge is 2.57. The second kappa shape index (κ2) is 11.7. The van der Waals surface area contributed by atoms with Gasteiger partial charge in [0.05, 0.1) is 29.3 Å².